The highest BCUT2D eigenvalue weighted by atomic mass is 35.5. The molecule has 0 bridgehead atoms. The van der Waals surface area contributed by atoms with Crippen molar-refractivity contribution in [3.05, 3.63) is 93.4 Å². The number of rotatable bonds is 7. The van der Waals surface area contributed by atoms with E-state index in [1.807, 2.05) is 0 Å². The second-order valence-corrected chi connectivity index (χ2v) is 7.68. The Hall–Kier alpha value is -3.57. The lowest BCUT2D eigenvalue weighted by atomic mass is 10.2. The number of anilines is 1. The van der Waals surface area contributed by atoms with E-state index in [0.717, 1.165) is 4.68 Å². The van der Waals surface area contributed by atoms with E-state index in [4.69, 9.17) is 27.9 Å². The molecule has 2 heterocycles. The van der Waals surface area contributed by atoms with E-state index in [1.54, 1.807) is 18.2 Å². The maximum absolute atomic E-state index is 13.9. The standard InChI is InChI=1S/C21H13Cl2F4N5O2/c22-12-2-1-3-13(23)20(12)34-10-32-6-4-16(29-32)21(33)28-17-5-7-31(30-17)9-11-18(26)14(24)8-15(25)19(11)27/h1-8H,9-10H2,(H,28,30,33). The van der Waals surface area contributed by atoms with E-state index in [0.29, 0.717) is 10.0 Å². The molecule has 0 aliphatic rings. The van der Waals surface area contributed by atoms with Gasteiger partial charge in [-0.15, -0.1) is 0 Å². The number of ether oxygens (including phenoxy) is 1. The monoisotopic (exact) mass is 513 g/mol. The van der Waals surface area contributed by atoms with Crippen molar-refractivity contribution >= 4 is 34.9 Å². The van der Waals surface area contributed by atoms with Crippen LogP contribution in [-0.4, -0.2) is 25.5 Å². The fourth-order valence-electron chi connectivity index (χ4n) is 2.93. The van der Waals surface area contributed by atoms with Crippen molar-refractivity contribution in [1.29, 1.82) is 0 Å². The van der Waals surface area contributed by atoms with E-state index in [9.17, 15) is 22.4 Å². The average molecular weight is 514 g/mol. The van der Waals surface area contributed by atoms with Gasteiger partial charge in [-0.2, -0.15) is 10.2 Å². The minimum atomic E-state index is -1.52. The molecule has 0 aliphatic carbocycles. The highest BCUT2D eigenvalue weighted by Crippen LogP contribution is 2.32. The molecule has 0 unspecified atom stereocenters. The number of carbonyl (C=O) groups is 1. The van der Waals surface area contributed by atoms with Gasteiger partial charge in [-0.05, 0) is 18.2 Å². The van der Waals surface area contributed by atoms with Gasteiger partial charge < -0.3 is 10.1 Å². The van der Waals surface area contributed by atoms with Gasteiger partial charge in [-0.25, -0.2) is 22.2 Å². The first-order valence-electron chi connectivity index (χ1n) is 9.50. The molecule has 0 saturated heterocycles. The van der Waals surface area contributed by atoms with E-state index < -0.39 is 41.3 Å². The summed E-state index contributed by atoms with van der Waals surface area (Å²) in [6.07, 6.45) is 2.76. The fraction of sp³-hybridized carbons (Fsp3) is 0.0952. The molecule has 7 nitrogen and oxygen atoms in total. The smallest absolute Gasteiger partial charge is 0.277 e. The third-order valence-electron chi connectivity index (χ3n) is 4.54. The zero-order valence-electron chi connectivity index (χ0n) is 16.9. The highest BCUT2D eigenvalue weighted by molar-refractivity contribution is 6.37. The van der Waals surface area contributed by atoms with Crippen molar-refractivity contribution in [3.63, 3.8) is 0 Å². The van der Waals surface area contributed by atoms with Gasteiger partial charge in [0.05, 0.1) is 22.2 Å². The molecule has 176 valence electrons. The molecule has 0 atom stereocenters. The minimum Gasteiger partial charge on any atom is -0.468 e. The van der Waals surface area contributed by atoms with Gasteiger partial charge in [-0.1, -0.05) is 29.3 Å². The summed E-state index contributed by atoms with van der Waals surface area (Å²) in [7, 11) is 0. The van der Waals surface area contributed by atoms with E-state index in [2.05, 4.69) is 15.5 Å². The molecule has 4 rings (SSSR count). The van der Waals surface area contributed by atoms with Crippen LogP contribution in [0.2, 0.25) is 10.0 Å². The fourth-order valence-corrected chi connectivity index (χ4v) is 3.43. The molecule has 0 saturated carbocycles. The molecule has 34 heavy (non-hydrogen) atoms. The van der Waals surface area contributed by atoms with Gasteiger partial charge in [-0.3, -0.25) is 9.48 Å². The van der Waals surface area contributed by atoms with Gasteiger partial charge >= 0.3 is 0 Å². The number of nitrogens with zero attached hydrogens (tertiary/aromatic N) is 4. The Labute approximate surface area is 199 Å². The molecule has 1 amide bonds. The van der Waals surface area contributed by atoms with Crippen molar-refractivity contribution < 1.29 is 27.1 Å². The molecule has 0 fully saturated rings. The van der Waals surface area contributed by atoms with Gasteiger partial charge in [0.15, 0.2) is 47.3 Å². The maximum Gasteiger partial charge on any atom is 0.277 e. The third-order valence-corrected chi connectivity index (χ3v) is 5.13. The molecule has 1 N–H and O–H groups in total. The van der Waals surface area contributed by atoms with Crippen LogP contribution < -0.4 is 10.1 Å². The van der Waals surface area contributed by atoms with Crippen molar-refractivity contribution in [2.45, 2.75) is 13.3 Å². The first-order chi connectivity index (χ1) is 16.2. The van der Waals surface area contributed by atoms with E-state index in [-0.39, 0.29) is 30.1 Å². The number of amides is 1. The number of hydrogen-bond acceptors (Lipinski definition) is 4. The van der Waals surface area contributed by atoms with Gasteiger partial charge in [0.1, 0.15) is 0 Å². The van der Waals surface area contributed by atoms with Crippen LogP contribution >= 0.6 is 23.2 Å². The van der Waals surface area contributed by atoms with Crippen molar-refractivity contribution in [1.82, 2.24) is 19.6 Å². The van der Waals surface area contributed by atoms with Crippen molar-refractivity contribution in [2.75, 3.05) is 5.32 Å². The molecular weight excluding hydrogens is 501 g/mol. The van der Waals surface area contributed by atoms with Crippen LogP contribution in [0.5, 0.6) is 5.75 Å². The van der Waals surface area contributed by atoms with Gasteiger partial charge in [0.25, 0.3) is 5.91 Å². The number of carbonyl (C=O) groups excluding carboxylic acids is 1. The Morgan fingerprint density at radius 2 is 1.59 bits per heavy atom. The Balaban J connectivity index is 1.40. The topological polar surface area (TPSA) is 74.0 Å². The largest absolute Gasteiger partial charge is 0.468 e. The summed E-state index contributed by atoms with van der Waals surface area (Å²) < 4.78 is 62.4. The van der Waals surface area contributed by atoms with Crippen LogP contribution in [0.1, 0.15) is 16.1 Å². The van der Waals surface area contributed by atoms with Crippen molar-refractivity contribution in [2.24, 2.45) is 0 Å². The Kier molecular flexibility index (Phi) is 6.75. The molecule has 0 aliphatic heterocycles. The normalized spacial score (nSPS) is 11.0. The first kappa shape index (κ1) is 23.6. The summed E-state index contributed by atoms with van der Waals surface area (Å²) in [5, 5.41) is 11.1. The predicted octanol–water partition coefficient (Wildman–Crippen LogP) is 5.28. The Morgan fingerprint density at radius 3 is 2.26 bits per heavy atom. The molecule has 0 spiro atoms. The van der Waals surface area contributed by atoms with Crippen LogP contribution in [0.25, 0.3) is 0 Å². The molecule has 4 aromatic rings. The predicted molar refractivity (Wildman–Crippen MR) is 115 cm³/mol. The highest BCUT2D eigenvalue weighted by Gasteiger charge is 2.20. The number of nitrogens with one attached hydrogen (secondary N) is 1. The van der Waals surface area contributed by atoms with Crippen LogP contribution in [0, 0.1) is 23.3 Å². The second kappa shape index (κ2) is 9.74. The molecule has 2 aromatic heterocycles. The Morgan fingerprint density at radius 1 is 0.941 bits per heavy atom. The third kappa shape index (κ3) is 5.00. The summed E-state index contributed by atoms with van der Waals surface area (Å²) in [6.45, 7) is -0.675. The SMILES string of the molecule is O=C(Nc1ccn(Cc2c(F)c(F)cc(F)c2F)n1)c1ccn(COc2c(Cl)cccc2Cl)n1. The summed E-state index contributed by atoms with van der Waals surface area (Å²) in [6, 6.07) is 7.76. The lowest BCUT2D eigenvalue weighted by Crippen LogP contribution is -2.15. The van der Waals surface area contributed by atoms with Gasteiger partial charge in [0.2, 0.25) is 0 Å². The molecule has 2 aromatic carbocycles. The maximum atomic E-state index is 13.9. The second-order valence-electron chi connectivity index (χ2n) is 6.86. The van der Waals surface area contributed by atoms with E-state index >= 15 is 0 Å². The first-order valence-corrected chi connectivity index (χ1v) is 10.3. The van der Waals surface area contributed by atoms with Crippen LogP contribution in [0.15, 0.2) is 48.8 Å². The zero-order chi connectivity index (χ0) is 24.4. The molecule has 0 radical (unpaired) electrons. The average Bonchev–Trinajstić information content (AvgIpc) is 3.45. The molecular formula is C21H13Cl2F4N5O2. The minimum absolute atomic E-state index is 0.0210. The van der Waals surface area contributed by atoms with E-state index in [1.165, 1.54) is 29.2 Å². The summed E-state index contributed by atoms with van der Waals surface area (Å²) in [4.78, 5) is 12.4. The number of para-hydroxylation sites is 1. The number of hydrogen-bond donors (Lipinski definition) is 1. The lowest BCUT2D eigenvalue weighted by molar-refractivity contribution is 0.101. The lowest BCUT2D eigenvalue weighted by Gasteiger charge is -2.09. The van der Waals surface area contributed by atoms with Crippen molar-refractivity contribution in [3.8, 4) is 5.75 Å². The van der Waals surface area contributed by atoms with Crippen LogP contribution in [0.4, 0.5) is 23.4 Å². The summed E-state index contributed by atoms with van der Waals surface area (Å²) in [5.74, 6) is -6.43. The molecule has 13 heteroatoms. The van der Waals surface area contributed by atoms with Gasteiger partial charge in [0, 0.05) is 24.5 Å². The quantitative estimate of drug-likeness (QED) is 0.269. The zero-order valence-corrected chi connectivity index (χ0v) is 18.4. The number of aromatic nitrogens is 4. The number of benzene rings is 2. The Bertz CT molecular complexity index is 1330. The van der Waals surface area contributed by atoms with Crippen LogP contribution in [-0.2, 0) is 13.3 Å². The van der Waals surface area contributed by atoms with Crippen LogP contribution in [0.3, 0.4) is 0 Å². The number of halogens is 6. The summed E-state index contributed by atoms with van der Waals surface area (Å²) in [5.41, 5.74) is -0.816. The summed E-state index contributed by atoms with van der Waals surface area (Å²) >= 11 is 12.1.